The van der Waals surface area contributed by atoms with E-state index in [-0.39, 0.29) is 11.9 Å². The van der Waals surface area contributed by atoms with Crippen LogP contribution in [0, 0.1) is 5.82 Å². The van der Waals surface area contributed by atoms with Crippen LogP contribution in [0.2, 0.25) is 0 Å². The summed E-state index contributed by atoms with van der Waals surface area (Å²) in [6.45, 7) is 2.10. The average Bonchev–Trinajstić information content (AvgIpc) is 2.28. The first-order valence-electron chi connectivity index (χ1n) is 5.39. The molecule has 1 aliphatic rings. The van der Waals surface area contributed by atoms with Crippen LogP contribution in [0.15, 0.2) is 24.3 Å². The Kier molecular flexibility index (Phi) is 2.87. The summed E-state index contributed by atoms with van der Waals surface area (Å²) < 4.78 is 13.6. The number of likely N-dealkylation sites (N-methyl/N-ethyl adjacent to an activating group) is 1. The summed E-state index contributed by atoms with van der Waals surface area (Å²) in [5, 5.41) is 3.20. The van der Waals surface area contributed by atoms with Crippen molar-refractivity contribution in [3.8, 4) is 0 Å². The van der Waals surface area contributed by atoms with Gasteiger partial charge in [0, 0.05) is 6.04 Å². The Morgan fingerprint density at radius 1 is 1.40 bits per heavy atom. The van der Waals surface area contributed by atoms with Gasteiger partial charge in [-0.3, -0.25) is 0 Å². The van der Waals surface area contributed by atoms with Crippen molar-refractivity contribution >= 4 is 5.57 Å². The molecule has 0 heterocycles. The summed E-state index contributed by atoms with van der Waals surface area (Å²) in [5.74, 6) is -0.0681. The van der Waals surface area contributed by atoms with Crippen molar-refractivity contribution in [3.05, 3.63) is 41.2 Å². The van der Waals surface area contributed by atoms with Crippen LogP contribution < -0.4 is 5.32 Å². The molecule has 0 saturated heterocycles. The van der Waals surface area contributed by atoms with Gasteiger partial charge in [0.15, 0.2) is 0 Å². The van der Waals surface area contributed by atoms with Crippen molar-refractivity contribution in [1.29, 1.82) is 0 Å². The van der Waals surface area contributed by atoms with Gasteiger partial charge >= 0.3 is 0 Å². The third-order valence-electron chi connectivity index (χ3n) is 3.09. The summed E-state index contributed by atoms with van der Waals surface area (Å²) in [4.78, 5) is 0. The van der Waals surface area contributed by atoms with Crippen LogP contribution in [0.1, 0.15) is 24.5 Å². The highest BCUT2D eigenvalue weighted by atomic mass is 19.1. The predicted octanol–water partition coefficient (Wildman–Crippen LogP) is 2.76. The molecule has 0 aliphatic heterocycles. The third kappa shape index (κ3) is 1.82. The molecule has 80 valence electrons. The summed E-state index contributed by atoms with van der Waals surface area (Å²) in [5.41, 5.74) is 3.17. The lowest BCUT2D eigenvalue weighted by Gasteiger charge is -2.22. The van der Waals surface area contributed by atoms with Gasteiger partial charge in [-0.2, -0.15) is 0 Å². The molecule has 0 saturated carbocycles. The third-order valence-corrected chi connectivity index (χ3v) is 3.09. The van der Waals surface area contributed by atoms with Gasteiger partial charge in [-0.05, 0) is 49.6 Å². The van der Waals surface area contributed by atoms with Gasteiger partial charge in [0.2, 0.25) is 0 Å². The molecule has 1 atom stereocenters. The van der Waals surface area contributed by atoms with Gasteiger partial charge in [0.1, 0.15) is 5.82 Å². The number of hydrogen-bond donors (Lipinski definition) is 1. The lowest BCUT2D eigenvalue weighted by atomic mass is 9.87. The maximum Gasteiger partial charge on any atom is 0.127 e. The van der Waals surface area contributed by atoms with Gasteiger partial charge in [-0.25, -0.2) is 4.39 Å². The SMILES string of the molecule is CNC(C)C1=CCCc2c(F)cccc21. The number of allylic oxidation sites excluding steroid dienone is 1. The topological polar surface area (TPSA) is 12.0 Å². The molecule has 0 amide bonds. The van der Waals surface area contributed by atoms with Gasteiger partial charge in [-0.1, -0.05) is 18.2 Å². The molecule has 1 N–H and O–H groups in total. The number of rotatable bonds is 2. The minimum absolute atomic E-state index is 0.0681. The zero-order valence-electron chi connectivity index (χ0n) is 9.18. The molecular weight excluding hydrogens is 189 g/mol. The van der Waals surface area contributed by atoms with Crippen LogP contribution in [0.25, 0.3) is 5.57 Å². The Labute approximate surface area is 90.0 Å². The second-order valence-electron chi connectivity index (χ2n) is 3.97. The van der Waals surface area contributed by atoms with E-state index in [1.54, 1.807) is 12.1 Å². The first-order chi connectivity index (χ1) is 7.24. The molecule has 1 aromatic rings. The van der Waals surface area contributed by atoms with Crippen molar-refractivity contribution in [1.82, 2.24) is 5.32 Å². The fourth-order valence-electron chi connectivity index (χ4n) is 2.13. The Bertz CT molecular complexity index is 396. The van der Waals surface area contributed by atoms with Crippen molar-refractivity contribution in [2.24, 2.45) is 0 Å². The van der Waals surface area contributed by atoms with Gasteiger partial charge in [0.05, 0.1) is 0 Å². The van der Waals surface area contributed by atoms with E-state index in [1.165, 1.54) is 5.57 Å². The van der Waals surface area contributed by atoms with Crippen molar-refractivity contribution < 1.29 is 4.39 Å². The number of benzene rings is 1. The molecule has 0 spiro atoms. The fourth-order valence-corrected chi connectivity index (χ4v) is 2.13. The van der Waals surface area contributed by atoms with Gasteiger partial charge in [-0.15, -0.1) is 0 Å². The minimum atomic E-state index is -0.0681. The smallest absolute Gasteiger partial charge is 0.127 e. The lowest BCUT2D eigenvalue weighted by molar-refractivity contribution is 0.605. The van der Waals surface area contributed by atoms with Crippen molar-refractivity contribution in [3.63, 3.8) is 0 Å². The highest BCUT2D eigenvalue weighted by molar-refractivity contribution is 5.73. The Morgan fingerprint density at radius 2 is 2.20 bits per heavy atom. The van der Waals surface area contributed by atoms with E-state index >= 15 is 0 Å². The molecule has 1 unspecified atom stereocenters. The van der Waals surface area contributed by atoms with Crippen molar-refractivity contribution in [2.45, 2.75) is 25.8 Å². The summed E-state index contributed by atoms with van der Waals surface area (Å²) in [6.07, 6.45) is 3.97. The molecule has 15 heavy (non-hydrogen) atoms. The monoisotopic (exact) mass is 205 g/mol. The quantitative estimate of drug-likeness (QED) is 0.782. The highest BCUT2D eigenvalue weighted by Gasteiger charge is 2.18. The number of hydrogen-bond acceptors (Lipinski definition) is 1. The number of fused-ring (bicyclic) bond motifs is 1. The first kappa shape index (κ1) is 10.4. The minimum Gasteiger partial charge on any atom is -0.313 e. The van der Waals surface area contributed by atoms with Crippen LogP contribution in [-0.2, 0) is 6.42 Å². The lowest BCUT2D eigenvalue weighted by Crippen LogP contribution is -2.24. The number of nitrogens with one attached hydrogen (secondary N) is 1. The molecule has 1 aliphatic carbocycles. The second kappa shape index (κ2) is 4.15. The van der Waals surface area contributed by atoms with Gasteiger partial charge < -0.3 is 5.32 Å². The molecule has 0 fully saturated rings. The molecule has 1 aromatic carbocycles. The average molecular weight is 205 g/mol. The van der Waals surface area contributed by atoms with E-state index in [4.69, 9.17) is 0 Å². The highest BCUT2D eigenvalue weighted by Crippen LogP contribution is 2.30. The van der Waals surface area contributed by atoms with Crippen LogP contribution in [0.3, 0.4) is 0 Å². The number of halogens is 1. The molecule has 0 bridgehead atoms. The van der Waals surface area contributed by atoms with Crippen LogP contribution in [0.4, 0.5) is 4.39 Å². The molecule has 0 radical (unpaired) electrons. The largest absolute Gasteiger partial charge is 0.313 e. The first-order valence-corrected chi connectivity index (χ1v) is 5.39. The summed E-state index contributed by atoms with van der Waals surface area (Å²) >= 11 is 0. The second-order valence-corrected chi connectivity index (χ2v) is 3.97. The Balaban J connectivity index is 2.47. The molecular formula is C13H16FN. The van der Waals surface area contributed by atoms with E-state index in [2.05, 4.69) is 18.3 Å². The zero-order valence-corrected chi connectivity index (χ0v) is 9.18. The predicted molar refractivity (Wildman–Crippen MR) is 61.2 cm³/mol. The fraction of sp³-hybridized carbons (Fsp3) is 0.385. The Hall–Kier alpha value is -1.15. The maximum atomic E-state index is 13.6. The summed E-state index contributed by atoms with van der Waals surface area (Å²) in [7, 11) is 1.93. The molecule has 0 aromatic heterocycles. The van der Waals surface area contributed by atoms with E-state index < -0.39 is 0 Å². The maximum absolute atomic E-state index is 13.6. The standard InChI is InChI=1S/C13H16FN/c1-9(15-2)10-5-3-7-12-11(10)6-4-8-13(12)14/h4-6,8-9,15H,3,7H2,1-2H3. The van der Waals surface area contributed by atoms with Gasteiger partial charge in [0.25, 0.3) is 0 Å². The normalized spacial score (nSPS) is 16.9. The molecule has 1 nitrogen and oxygen atoms in total. The van der Waals surface area contributed by atoms with Crippen LogP contribution >= 0.6 is 0 Å². The van der Waals surface area contributed by atoms with E-state index in [0.717, 1.165) is 24.0 Å². The summed E-state index contributed by atoms with van der Waals surface area (Å²) in [6, 6.07) is 5.63. The van der Waals surface area contributed by atoms with Crippen LogP contribution in [-0.4, -0.2) is 13.1 Å². The zero-order chi connectivity index (χ0) is 10.8. The van der Waals surface area contributed by atoms with E-state index in [9.17, 15) is 4.39 Å². The van der Waals surface area contributed by atoms with E-state index in [1.807, 2.05) is 13.1 Å². The van der Waals surface area contributed by atoms with Crippen molar-refractivity contribution in [2.75, 3.05) is 7.05 Å². The molecule has 2 heteroatoms. The van der Waals surface area contributed by atoms with Crippen LogP contribution in [0.5, 0.6) is 0 Å². The Morgan fingerprint density at radius 3 is 2.93 bits per heavy atom. The van der Waals surface area contributed by atoms with E-state index in [0.29, 0.717) is 0 Å². The molecule has 2 rings (SSSR count).